The number of aromatic amines is 1. The van der Waals surface area contributed by atoms with Crippen LogP contribution < -0.4 is 0 Å². The average molecular weight is 317 g/mol. The summed E-state index contributed by atoms with van der Waals surface area (Å²) in [5.74, 6) is 0.521. The van der Waals surface area contributed by atoms with Crippen molar-refractivity contribution in [3.8, 4) is 28.5 Å². The van der Waals surface area contributed by atoms with Gasteiger partial charge in [-0.1, -0.05) is 11.6 Å². The molecule has 7 nitrogen and oxygen atoms in total. The van der Waals surface area contributed by atoms with E-state index in [2.05, 4.69) is 15.2 Å². The van der Waals surface area contributed by atoms with Crippen molar-refractivity contribution in [2.24, 2.45) is 0 Å². The molecule has 0 spiro atoms. The van der Waals surface area contributed by atoms with Gasteiger partial charge < -0.3 is 5.11 Å². The van der Waals surface area contributed by atoms with Crippen LogP contribution in [-0.4, -0.2) is 25.2 Å². The topological polar surface area (TPSA) is 105 Å². The van der Waals surface area contributed by atoms with E-state index in [1.807, 2.05) is 0 Å². The van der Waals surface area contributed by atoms with Gasteiger partial charge in [-0.15, -0.1) is 0 Å². The van der Waals surface area contributed by atoms with Crippen LogP contribution >= 0.6 is 11.6 Å². The van der Waals surface area contributed by atoms with Gasteiger partial charge in [-0.05, 0) is 30.3 Å². The number of phenols is 1. The molecule has 0 amide bonds. The lowest BCUT2D eigenvalue weighted by Crippen LogP contribution is -1.89. The number of hydrogen-bond acceptors (Lipinski definition) is 5. The number of nitrogens with one attached hydrogen (secondary N) is 1. The van der Waals surface area contributed by atoms with Crippen LogP contribution in [0.25, 0.3) is 22.8 Å². The molecular formula is C14H9ClN4O3. The van der Waals surface area contributed by atoms with Gasteiger partial charge in [-0.25, -0.2) is 4.98 Å². The van der Waals surface area contributed by atoms with E-state index >= 15 is 0 Å². The Morgan fingerprint density at radius 3 is 2.59 bits per heavy atom. The number of nitrogens with zero attached hydrogens (tertiary/aromatic N) is 3. The highest BCUT2D eigenvalue weighted by Gasteiger charge is 2.15. The number of aromatic hydroxyl groups is 1. The van der Waals surface area contributed by atoms with E-state index < -0.39 is 4.92 Å². The number of aromatic nitrogens is 3. The molecule has 0 saturated carbocycles. The first-order valence-electron chi connectivity index (χ1n) is 6.21. The summed E-state index contributed by atoms with van der Waals surface area (Å²) in [6.45, 7) is 0. The van der Waals surface area contributed by atoms with Gasteiger partial charge in [0.25, 0.3) is 5.69 Å². The molecule has 0 unspecified atom stereocenters. The maximum Gasteiger partial charge on any atom is 0.270 e. The molecule has 110 valence electrons. The molecule has 0 aliphatic heterocycles. The summed E-state index contributed by atoms with van der Waals surface area (Å²) >= 11 is 5.82. The fourth-order valence-electron chi connectivity index (χ4n) is 1.94. The van der Waals surface area contributed by atoms with E-state index in [0.717, 1.165) is 5.56 Å². The van der Waals surface area contributed by atoms with Gasteiger partial charge in [0.05, 0.1) is 10.5 Å². The van der Waals surface area contributed by atoms with Crippen molar-refractivity contribution in [1.82, 2.24) is 15.2 Å². The first-order valence-corrected chi connectivity index (χ1v) is 6.58. The zero-order valence-electron chi connectivity index (χ0n) is 11.0. The number of hydrogen-bond donors (Lipinski definition) is 2. The maximum absolute atomic E-state index is 10.8. The van der Waals surface area contributed by atoms with Gasteiger partial charge in [0.15, 0.2) is 11.6 Å². The predicted molar refractivity (Wildman–Crippen MR) is 80.6 cm³/mol. The Morgan fingerprint density at radius 1 is 1.18 bits per heavy atom. The maximum atomic E-state index is 10.8. The van der Waals surface area contributed by atoms with Crippen LogP contribution in [0.15, 0.2) is 42.5 Å². The number of H-pyrrole nitrogens is 1. The minimum atomic E-state index is -0.542. The van der Waals surface area contributed by atoms with Crippen LogP contribution in [-0.2, 0) is 0 Å². The van der Waals surface area contributed by atoms with Crippen LogP contribution in [0, 0.1) is 10.1 Å². The highest BCUT2D eigenvalue weighted by molar-refractivity contribution is 6.30. The number of halogens is 1. The molecule has 0 atom stereocenters. The second-order valence-electron chi connectivity index (χ2n) is 4.47. The summed E-state index contributed by atoms with van der Waals surface area (Å²) in [5.41, 5.74) is 0.802. The lowest BCUT2D eigenvalue weighted by atomic mass is 10.1. The summed E-state index contributed by atoms with van der Waals surface area (Å²) in [5, 5.41) is 28.0. The molecule has 1 aromatic heterocycles. The second kappa shape index (κ2) is 5.45. The largest absolute Gasteiger partial charge is 0.507 e. The molecule has 8 heteroatoms. The molecule has 2 N–H and O–H groups in total. The Balaban J connectivity index is 2.02. The van der Waals surface area contributed by atoms with Gasteiger partial charge in [0.2, 0.25) is 0 Å². The standard InChI is InChI=1S/C14H9ClN4O3/c15-9-3-1-8(2-4-9)13-16-14(18-17-13)11-7-10(19(21)22)5-6-12(11)20/h1-7,20H,(H,16,17,18). The highest BCUT2D eigenvalue weighted by Crippen LogP contribution is 2.31. The Kier molecular flexibility index (Phi) is 3.48. The Hall–Kier alpha value is -2.93. The van der Waals surface area contributed by atoms with E-state index in [9.17, 15) is 15.2 Å². The molecule has 0 aliphatic carbocycles. The third-order valence-corrected chi connectivity index (χ3v) is 3.29. The smallest absolute Gasteiger partial charge is 0.270 e. The quantitative estimate of drug-likeness (QED) is 0.569. The fraction of sp³-hybridized carbons (Fsp3) is 0. The third-order valence-electron chi connectivity index (χ3n) is 3.03. The van der Waals surface area contributed by atoms with Crippen molar-refractivity contribution in [2.45, 2.75) is 0 Å². The number of nitro groups is 1. The molecule has 0 radical (unpaired) electrons. The number of benzene rings is 2. The van der Waals surface area contributed by atoms with E-state index in [-0.39, 0.29) is 22.8 Å². The van der Waals surface area contributed by atoms with Crippen molar-refractivity contribution in [1.29, 1.82) is 0 Å². The van der Waals surface area contributed by atoms with Crippen LogP contribution in [0.2, 0.25) is 5.02 Å². The third kappa shape index (κ3) is 2.61. The molecule has 3 rings (SSSR count). The second-order valence-corrected chi connectivity index (χ2v) is 4.91. The summed E-state index contributed by atoms with van der Waals surface area (Å²) in [4.78, 5) is 14.5. The number of non-ortho nitro benzene ring substituents is 1. The number of phenolic OH excluding ortho intramolecular Hbond substituents is 1. The van der Waals surface area contributed by atoms with Crippen molar-refractivity contribution < 1.29 is 10.0 Å². The molecular weight excluding hydrogens is 308 g/mol. The Morgan fingerprint density at radius 2 is 1.91 bits per heavy atom. The van der Waals surface area contributed by atoms with Crippen molar-refractivity contribution in [3.63, 3.8) is 0 Å². The minimum absolute atomic E-state index is 0.121. The molecule has 0 bridgehead atoms. The summed E-state index contributed by atoms with van der Waals surface area (Å²) < 4.78 is 0. The van der Waals surface area contributed by atoms with Gasteiger partial charge in [-0.3, -0.25) is 15.2 Å². The van der Waals surface area contributed by atoms with Crippen LogP contribution in [0.5, 0.6) is 5.75 Å². The predicted octanol–water partition coefficient (Wildman–Crippen LogP) is 3.41. The molecule has 1 heterocycles. The Labute approximate surface area is 129 Å². The van der Waals surface area contributed by atoms with Gasteiger partial charge in [0, 0.05) is 22.7 Å². The summed E-state index contributed by atoms with van der Waals surface area (Å²) in [6.07, 6.45) is 0. The van der Waals surface area contributed by atoms with Gasteiger partial charge in [0.1, 0.15) is 5.75 Å². The first-order chi connectivity index (χ1) is 10.5. The van der Waals surface area contributed by atoms with Gasteiger partial charge in [-0.2, -0.15) is 5.10 Å². The van der Waals surface area contributed by atoms with E-state index in [1.54, 1.807) is 24.3 Å². The SMILES string of the molecule is O=[N+]([O-])c1ccc(O)c(-c2nc(-c3ccc(Cl)cc3)n[nH]2)c1. The minimum Gasteiger partial charge on any atom is -0.507 e. The molecule has 0 fully saturated rings. The van der Waals surface area contributed by atoms with Crippen LogP contribution in [0.1, 0.15) is 0 Å². The zero-order valence-corrected chi connectivity index (χ0v) is 11.8. The summed E-state index contributed by atoms with van der Waals surface area (Å²) in [6, 6.07) is 10.6. The van der Waals surface area contributed by atoms with E-state index in [1.165, 1.54) is 18.2 Å². The molecule has 3 aromatic rings. The average Bonchev–Trinajstić information content (AvgIpc) is 2.98. The normalized spacial score (nSPS) is 10.6. The molecule has 22 heavy (non-hydrogen) atoms. The monoisotopic (exact) mass is 316 g/mol. The number of nitro benzene ring substituents is 1. The van der Waals surface area contributed by atoms with Crippen molar-refractivity contribution >= 4 is 17.3 Å². The molecule has 0 aliphatic rings. The highest BCUT2D eigenvalue weighted by atomic mass is 35.5. The number of rotatable bonds is 3. The van der Waals surface area contributed by atoms with Crippen molar-refractivity contribution in [2.75, 3.05) is 0 Å². The van der Waals surface area contributed by atoms with E-state index in [4.69, 9.17) is 11.6 Å². The van der Waals surface area contributed by atoms with Crippen molar-refractivity contribution in [3.05, 3.63) is 57.6 Å². The van der Waals surface area contributed by atoms with E-state index in [0.29, 0.717) is 10.8 Å². The zero-order chi connectivity index (χ0) is 15.7. The van der Waals surface area contributed by atoms with Crippen LogP contribution in [0.4, 0.5) is 5.69 Å². The fourth-order valence-corrected chi connectivity index (χ4v) is 2.06. The lowest BCUT2D eigenvalue weighted by molar-refractivity contribution is -0.384. The first kappa shape index (κ1) is 14.0. The molecule has 2 aromatic carbocycles. The summed E-state index contributed by atoms with van der Waals surface area (Å²) in [7, 11) is 0. The van der Waals surface area contributed by atoms with Crippen LogP contribution in [0.3, 0.4) is 0 Å². The lowest BCUT2D eigenvalue weighted by Gasteiger charge is -2.00. The Bertz CT molecular complexity index is 846. The molecule has 0 saturated heterocycles. The van der Waals surface area contributed by atoms with Gasteiger partial charge >= 0.3 is 0 Å².